The maximum atomic E-state index is 12.2. The second-order valence-electron chi connectivity index (χ2n) is 6.01. The van der Waals surface area contributed by atoms with Crippen molar-refractivity contribution in [2.75, 3.05) is 0 Å². The first-order chi connectivity index (χ1) is 13.0. The molecule has 3 aromatic carbocycles. The summed E-state index contributed by atoms with van der Waals surface area (Å²) >= 11 is 0. The van der Waals surface area contributed by atoms with E-state index in [-0.39, 0.29) is 4.90 Å². The minimum Gasteiger partial charge on any atom is -0.489 e. The predicted octanol–water partition coefficient (Wildman–Crippen LogP) is 3.89. The summed E-state index contributed by atoms with van der Waals surface area (Å²) in [4.78, 5) is 2.39. The topological polar surface area (TPSA) is 67.8 Å². The molecular weight excluding hydrogens is 360 g/mol. The second kappa shape index (κ2) is 8.51. The van der Waals surface area contributed by atoms with Crippen molar-refractivity contribution in [2.24, 2.45) is 5.10 Å². The first-order valence-electron chi connectivity index (χ1n) is 8.41. The maximum absolute atomic E-state index is 12.2. The number of rotatable bonds is 7. The first kappa shape index (κ1) is 18.7. The van der Waals surface area contributed by atoms with Gasteiger partial charge in [0.1, 0.15) is 12.4 Å². The number of aryl methyl sites for hydroxylation is 1. The highest BCUT2D eigenvalue weighted by atomic mass is 32.2. The lowest BCUT2D eigenvalue weighted by molar-refractivity contribution is 0.306. The van der Waals surface area contributed by atoms with Crippen molar-refractivity contribution in [1.29, 1.82) is 0 Å². The van der Waals surface area contributed by atoms with Gasteiger partial charge in [-0.15, -0.1) is 0 Å². The number of hydrogen-bond acceptors (Lipinski definition) is 4. The summed E-state index contributed by atoms with van der Waals surface area (Å²) in [6.07, 6.45) is 1.45. The summed E-state index contributed by atoms with van der Waals surface area (Å²) in [5.41, 5.74) is 2.79. The van der Waals surface area contributed by atoms with E-state index in [9.17, 15) is 8.42 Å². The average Bonchev–Trinajstić information content (AvgIpc) is 2.68. The lowest BCUT2D eigenvalue weighted by Crippen LogP contribution is -2.18. The Bertz CT molecular complexity index is 1010. The molecule has 0 atom stereocenters. The van der Waals surface area contributed by atoms with Gasteiger partial charge in [0.2, 0.25) is 0 Å². The molecule has 0 aromatic heterocycles. The van der Waals surface area contributed by atoms with E-state index in [0.717, 1.165) is 16.7 Å². The highest BCUT2D eigenvalue weighted by molar-refractivity contribution is 7.89. The smallest absolute Gasteiger partial charge is 0.276 e. The zero-order valence-electron chi connectivity index (χ0n) is 14.9. The summed E-state index contributed by atoms with van der Waals surface area (Å²) in [6.45, 7) is 2.36. The molecule has 0 heterocycles. The summed E-state index contributed by atoms with van der Waals surface area (Å²) in [5, 5.41) is 3.85. The van der Waals surface area contributed by atoms with Crippen LogP contribution in [0.25, 0.3) is 0 Å². The fraction of sp³-hybridized carbons (Fsp3) is 0.0952. The Morgan fingerprint density at radius 2 is 1.70 bits per heavy atom. The number of benzene rings is 3. The number of sulfonamides is 1. The quantitative estimate of drug-likeness (QED) is 0.499. The van der Waals surface area contributed by atoms with Gasteiger partial charge in [-0.25, -0.2) is 4.83 Å². The molecule has 1 N–H and O–H groups in total. The highest BCUT2D eigenvalue weighted by Crippen LogP contribution is 2.14. The second-order valence-corrected chi connectivity index (χ2v) is 7.67. The molecule has 3 rings (SSSR count). The summed E-state index contributed by atoms with van der Waals surface area (Å²) < 4.78 is 30.2. The summed E-state index contributed by atoms with van der Waals surface area (Å²) in [7, 11) is -3.68. The van der Waals surface area contributed by atoms with Crippen molar-refractivity contribution >= 4 is 16.2 Å². The van der Waals surface area contributed by atoms with Gasteiger partial charge < -0.3 is 4.74 Å². The third-order valence-corrected chi connectivity index (χ3v) is 5.06. The zero-order chi connectivity index (χ0) is 19.1. The van der Waals surface area contributed by atoms with Gasteiger partial charge in [0, 0.05) is 0 Å². The van der Waals surface area contributed by atoms with Crippen molar-refractivity contribution in [2.45, 2.75) is 18.4 Å². The molecule has 5 nitrogen and oxygen atoms in total. The van der Waals surface area contributed by atoms with E-state index in [2.05, 4.69) is 9.93 Å². The van der Waals surface area contributed by atoms with Gasteiger partial charge in [-0.05, 0) is 42.3 Å². The van der Waals surface area contributed by atoms with Crippen molar-refractivity contribution in [1.82, 2.24) is 4.83 Å². The van der Waals surface area contributed by atoms with Crippen molar-refractivity contribution in [3.05, 3.63) is 95.6 Å². The molecule has 0 saturated heterocycles. The third kappa shape index (κ3) is 5.43. The van der Waals surface area contributed by atoms with E-state index in [1.807, 2.05) is 55.5 Å². The molecule has 27 heavy (non-hydrogen) atoms. The summed E-state index contributed by atoms with van der Waals surface area (Å²) in [5.74, 6) is 0.684. The fourth-order valence-corrected chi connectivity index (χ4v) is 3.16. The third-order valence-electron chi connectivity index (χ3n) is 3.82. The van der Waals surface area contributed by atoms with Crippen LogP contribution in [0.4, 0.5) is 0 Å². The summed E-state index contributed by atoms with van der Waals surface area (Å²) in [6, 6.07) is 23.7. The lowest BCUT2D eigenvalue weighted by Gasteiger charge is -2.07. The Balaban J connectivity index is 1.62. The van der Waals surface area contributed by atoms with E-state index in [1.54, 1.807) is 30.3 Å². The molecule has 0 aliphatic carbocycles. The van der Waals surface area contributed by atoms with Crippen LogP contribution < -0.4 is 9.57 Å². The van der Waals surface area contributed by atoms with Crippen LogP contribution in [0.1, 0.15) is 16.7 Å². The van der Waals surface area contributed by atoms with Crippen LogP contribution in [0.3, 0.4) is 0 Å². The number of nitrogens with one attached hydrogen (secondary N) is 1. The molecule has 3 aromatic rings. The molecule has 0 radical (unpaired) electrons. The van der Waals surface area contributed by atoms with Crippen molar-refractivity contribution < 1.29 is 13.2 Å². The van der Waals surface area contributed by atoms with Gasteiger partial charge in [-0.3, -0.25) is 0 Å². The van der Waals surface area contributed by atoms with Gasteiger partial charge in [0.25, 0.3) is 10.0 Å². The predicted molar refractivity (Wildman–Crippen MR) is 106 cm³/mol. The average molecular weight is 380 g/mol. The molecular formula is C21H20N2O3S. The lowest BCUT2D eigenvalue weighted by atomic mass is 10.2. The Morgan fingerprint density at radius 3 is 2.44 bits per heavy atom. The number of nitrogens with zero attached hydrogens (tertiary/aromatic N) is 1. The van der Waals surface area contributed by atoms with E-state index in [0.29, 0.717) is 12.4 Å². The highest BCUT2D eigenvalue weighted by Gasteiger charge is 2.11. The molecule has 0 amide bonds. The van der Waals surface area contributed by atoms with E-state index < -0.39 is 10.0 Å². The van der Waals surface area contributed by atoms with Crippen LogP contribution in [0, 0.1) is 6.92 Å². The molecule has 0 spiro atoms. The van der Waals surface area contributed by atoms with E-state index in [1.165, 1.54) is 6.21 Å². The minimum atomic E-state index is -3.68. The number of ether oxygens (including phenoxy) is 1. The van der Waals surface area contributed by atoms with Crippen LogP contribution in [-0.4, -0.2) is 14.6 Å². The molecule has 0 aliphatic heterocycles. The zero-order valence-corrected chi connectivity index (χ0v) is 15.7. The Kier molecular flexibility index (Phi) is 5.88. The van der Waals surface area contributed by atoms with Gasteiger partial charge in [0.15, 0.2) is 0 Å². The van der Waals surface area contributed by atoms with Crippen molar-refractivity contribution in [3.63, 3.8) is 0 Å². The van der Waals surface area contributed by atoms with Gasteiger partial charge >= 0.3 is 0 Å². The molecule has 0 unspecified atom stereocenters. The Hall–Kier alpha value is -3.12. The fourth-order valence-electron chi connectivity index (χ4n) is 2.37. The minimum absolute atomic E-state index is 0.171. The molecule has 6 heteroatoms. The Labute approximate surface area is 159 Å². The largest absolute Gasteiger partial charge is 0.489 e. The molecule has 0 saturated carbocycles. The Morgan fingerprint density at radius 1 is 0.963 bits per heavy atom. The number of hydrogen-bond donors (Lipinski definition) is 1. The van der Waals surface area contributed by atoms with Crippen LogP contribution >= 0.6 is 0 Å². The normalized spacial score (nSPS) is 11.4. The number of hydrazone groups is 1. The van der Waals surface area contributed by atoms with Gasteiger partial charge in [-0.2, -0.15) is 13.5 Å². The van der Waals surface area contributed by atoms with Crippen LogP contribution in [0.2, 0.25) is 0 Å². The molecule has 0 aliphatic rings. The SMILES string of the molecule is Cc1ccc(S(=O)(=O)N/N=C\c2cccc(OCc3ccccc3)c2)cc1. The van der Waals surface area contributed by atoms with Crippen LogP contribution in [0.5, 0.6) is 5.75 Å². The van der Waals surface area contributed by atoms with E-state index >= 15 is 0 Å². The maximum Gasteiger partial charge on any atom is 0.276 e. The van der Waals surface area contributed by atoms with Gasteiger partial charge in [0.05, 0.1) is 11.1 Å². The standard InChI is InChI=1S/C21H20N2O3S/c1-17-10-12-21(13-11-17)27(24,25)23-22-15-19-8-5-9-20(14-19)26-16-18-6-3-2-4-7-18/h2-15,23H,16H2,1H3/b22-15-. The molecule has 0 fully saturated rings. The van der Waals surface area contributed by atoms with Crippen LogP contribution in [-0.2, 0) is 16.6 Å². The molecule has 0 bridgehead atoms. The van der Waals surface area contributed by atoms with Crippen LogP contribution in [0.15, 0.2) is 88.9 Å². The molecule has 138 valence electrons. The monoisotopic (exact) mass is 380 g/mol. The van der Waals surface area contributed by atoms with Crippen molar-refractivity contribution in [3.8, 4) is 5.75 Å². The first-order valence-corrected chi connectivity index (χ1v) is 9.89. The van der Waals surface area contributed by atoms with E-state index in [4.69, 9.17) is 4.74 Å². The van der Waals surface area contributed by atoms with Gasteiger partial charge in [-0.1, -0.05) is 60.2 Å².